The van der Waals surface area contributed by atoms with Gasteiger partial charge in [-0.15, -0.1) is 0 Å². The van der Waals surface area contributed by atoms with E-state index in [0.29, 0.717) is 11.8 Å². The number of ether oxygens (including phenoxy) is 1. The summed E-state index contributed by atoms with van der Waals surface area (Å²) < 4.78 is 5.47. The average molecular weight is 412 g/mol. The van der Waals surface area contributed by atoms with Crippen LogP contribution in [0.5, 0.6) is 5.88 Å². The molecule has 0 bridgehead atoms. The molecule has 0 radical (unpaired) electrons. The third-order valence-electron chi connectivity index (χ3n) is 5.03. The minimum Gasteiger partial charge on any atom is -0.481 e. The molecule has 6 heteroatoms. The summed E-state index contributed by atoms with van der Waals surface area (Å²) >= 11 is 0. The summed E-state index contributed by atoms with van der Waals surface area (Å²) in [6, 6.07) is 24.4. The summed E-state index contributed by atoms with van der Waals surface area (Å²) in [5.41, 5.74) is 4.17. The van der Waals surface area contributed by atoms with Gasteiger partial charge in [0.2, 0.25) is 11.8 Å². The fraction of sp³-hybridized carbons (Fsp3) is 0.160. The van der Waals surface area contributed by atoms with Crippen molar-refractivity contribution in [1.82, 2.24) is 15.0 Å². The Hall–Kier alpha value is -3.93. The zero-order valence-corrected chi connectivity index (χ0v) is 17.7. The highest BCUT2D eigenvalue weighted by Gasteiger charge is 2.13. The van der Waals surface area contributed by atoms with Crippen LogP contribution >= 0.6 is 0 Å². The molecule has 4 rings (SSSR count). The summed E-state index contributed by atoms with van der Waals surface area (Å²) in [5, 5.41) is 3.31. The van der Waals surface area contributed by atoms with Crippen LogP contribution in [0.4, 0.5) is 17.5 Å². The van der Waals surface area contributed by atoms with Gasteiger partial charge in [-0.1, -0.05) is 60.7 Å². The molecule has 0 aliphatic heterocycles. The Morgan fingerprint density at radius 3 is 2.42 bits per heavy atom. The molecule has 0 spiro atoms. The summed E-state index contributed by atoms with van der Waals surface area (Å²) in [7, 11) is 3.60. The molecular formula is C25H25N5O. The maximum Gasteiger partial charge on any atom is 0.224 e. The van der Waals surface area contributed by atoms with E-state index in [9.17, 15) is 0 Å². The molecule has 0 atom stereocenters. The summed E-state index contributed by atoms with van der Waals surface area (Å²) in [6.07, 6.45) is 4.46. The second-order valence-corrected chi connectivity index (χ2v) is 7.08. The van der Waals surface area contributed by atoms with Gasteiger partial charge in [-0.2, -0.15) is 4.98 Å². The van der Waals surface area contributed by atoms with E-state index in [2.05, 4.69) is 38.5 Å². The lowest BCUT2D eigenvalue weighted by molar-refractivity contribution is 0.400. The number of nitrogens with zero attached hydrogens (tertiary/aromatic N) is 4. The number of hydrogen-bond donors (Lipinski definition) is 1. The molecule has 0 aliphatic rings. The Labute approximate surface area is 182 Å². The third kappa shape index (κ3) is 4.98. The molecule has 2 aromatic heterocycles. The van der Waals surface area contributed by atoms with Crippen molar-refractivity contribution in [2.24, 2.45) is 0 Å². The molecule has 0 saturated carbocycles. The zero-order chi connectivity index (χ0) is 21.5. The third-order valence-corrected chi connectivity index (χ3v) is 5.03. The van der Waals surface area contributed by atoms with Crippen LogP contribution in [0.1, 0.15) is 5.56 Å². The van der Waals surface area contributed by atoms with E-state index in [4.69, 9.17) is 4.74 Å². The number of anilines is 3. The van der Waals surface area contributed by atoms with E-state index in [-0.39, 0.29) is 0 Å². The standard InChI is InChI=1S/C25H25N5O/c1-30(21-17-22(24(31-2)28-18-21)20-11-7-4-8-12-20)23-14-16-27-25(29-23)26-15-13-19-9-5-3-6-10-19/h3-12,14,16-18H,13,15H2,1-2H3,(H,26,27,29). The smallest absolute Gasteiger partial charge is 0.224 e. The highest BCUT2D eigenvalue weighted by Crippen LogP contribution is 2.33. The lowest BCUT2D eigenvalue weighted by Crippen LogP contribution is -2.14. The Morgan fingerprint density at radius 1 is 0.935 bits per heavy atom. The van der Waals surface area contributed by atoms with Gasteiger partial charge in [0.1, 0.15) is 5.82 Å². The lowest BCUT2D eigenvalue weighted by Gasteiger charge is -2.20. The predicted molar refractivity (Wildman–Crippen MR) is 125 cm³/mol. The van der Waals surface area contributed by atoms with Crippen molar-refractivity contribution in [3.05, 3.63) is 90.8 Å². The first-order valence-corrected chi connectivity index (χ1v) is 10.2. The topological polar surface area (TPSA) is 63.2 Å². The van der Waals surface area contributed by atoms with E-state index < -0.39 is 0 Å². The van der Waals surface area contributed by atoms with Crippen LogP contribution < -0.4 is 15.0 Å². The predicted octanol–water partition coefficient (Wildman–Crippen LogP) is 4.97. The summed E-state index contributed by atoms with van der Waals surface area (Å²) in [6.45, 7) is 0.763. The van der Waals surface area contributed by atoms with E-state index >= 15 is 0 Å². The Bertz CT molecular complexity index is 1120. The molecule has 0 saturated heterocycles. The van der Waals surface area contributed by atoms with Crippen LogP contribution in [0.3, 0.4) is 0 Å². The Balaban J connectivity index is 1.51. The van der Waals surface area contributed by atoms with E-state index in [0.717, 1.165) is 35.6 Å². The van der Waals surface area contributed by atoms with Crippen LogP contribution in [-0.2, 0) is 6.42 Å². The van der Waals surface area contributed by atoms with E-state index in [1.807, 2.05) is 66.5 Å². The van der Waals surface area contributed by atoms with Crippen molar-refractivity contribution >= 4 is 17.5 Å². The molecule has 0 aliphatic carbocycles. The number of hydrogen-bond acceptors (Lipinski definition) is 6. The quantitative estimate of drug-likeness (QED) is 0.442. The molecule has 31 heavy (non-hydrogen) atoms. The number of methoxy groups -OCH3 is 1. The number of pyridine rings is 1. The van der Waals surface area contributed by atoms with Crippen molar-refractivity contribution in [3.63, 3.8) is 0 Å². The van der Waals surface area contributed by atoms with Crippen molar-refractivity contribution in [2.75, 3.05) is 30.9 Å². The van der Waals surface area contributed by atoms with Crippen molar-refractivity contribution in [3.8, 4) is 17.0 Å². The minimum absolute atomic E-state index is 0.592. The number of nitrogens with one attached hydrogen (secondary N) is 1. The number of benzene rings is 2. The van der Waals surface area contributed by atoms with Gasteiger partial charge in [-0.25, -0.2) is 9.97 Å². The molecule has 2 aromatic carbocycles. The van der Waals surface area contributed by atoms with Crippen LogP contribution in [0.2, 0.25) is 0 Å². The van der Waals surface area contributed by atoms with Gasteiger partial charge in [0.05, 0.1) is 19.0 Å². The van der Waals surface area contributed by atoms with Gasteiger partial charge in [0.15, 0.2) is 0 Å². The molecule has 0 unspecified atom stereocenters. The number of rotatable bonds is 8. The Morgan fingerprint density at radius 2 is 1.68 bits per heavy atom. The second kappa shape index (κ2) is 9.71. The monoisotopic (exact) mass is 411 g/mol. The SMILES string of the molecule is COc1ncc(N(C)c2ccnc(NCCc3ccccc3)n2)cc1-c1ccccc1. The van der Waals surface area contributed by atoms with E-state index in [1.54, 1.807) is 19.5 Å². The molecule has 156 valence electrons. The van der Waals surface area contributed by atoms with Crippen molar-refractivity contribution < 1.29 is 4.74 Å². The molecule has 1 N–H and O–H groups in total. The highest BCUT2D eigenvalue weighted by molar-refractivity contribution is 5.74. The first kappa shape index (κ1) is 20.3. The maximum atomic E-state index is 5.47. The van der Waals surface area contributed by atoms with Crippen LogP contribution in [0.15, 0.2) is 85.2 Å². The Kier molecular flexibility index (Phi) is 6.38. The van der Waals surface area contributed by atoms with Gasteiger partial charge in [0.25, 0.3) is 0 Å². The van der Waals surface area contributed by atoms with Gasteiger partial charge in [-0.05, 0) is 29.7 Å². The van der Waals surface area contributed by atoms with Gasteiger partial charge in [-0.3, -0.25) is 0 Å². The molecular weight excluding hydrogens is 386 g/mol. The lowest BCUT2D eigenvalue weighted by atomic mass is 10.1. The molecule has 6 nitrogen and oxygen atoms in total. The fourth-order valence-corrected chi connectivity index (χ4v) is 3.33. The van der Waals surface area contributed by atoms with Crippen molar-refractivity contribution in [2.45, 2.75) is 6.42 Å². The molecule has 2 heterocycles. The average Bonchev–Trinajstić information content (AvgIpc) is 2.84. The largest absolute Gasteiger partial charge is 0.481 e. The minimum atomic E-state index is 0.592. The van der Waals surface area contributed by atoms with Gasteiger partial charge in [0, 0.05) is 25.4 Å². The van der Waals surface area contributed by atoms with Crippen LogP contribution in [0.25, 0.3) is 11.1 Å². The first-order valence-electron chi connectivity index (χ1n) is 10.2. The van der Waals surface area contributed by atoms with Gasteiger partial charge < -0.3 is 15.0 Å². The highest BCUT2D eigenvalue weighted by atomic mass is 16.5. The van der Waals surface area contributed by atoms with Crippen molar-refractivity contribution in [1.29, 1.82) is 0 Å². The first-order chi connectivity index (χ1) is 15.2. The maximum absolute atomic E-state index is 5.47. The van der Waals surface area contributed by atoms with Crippen LogP contribution in [0, 0.1) is 0 Å². The second-order valence-electron chi connectivity index (χ2n) is 7.08. The van der Waals surface area contributed by atoms with Gasteiger partial charge >= 0.3 is 0 Å². The molecule has 4 aromatic rings. The zero-order valence-electron chi connectivity index (χ0n) is 17.7. The van der Waals surface area contributed by atoms with Crippen LogP contribution in [-0.4, -0.2) is 35.7 Å². The fourth-order valence-electron chi connectivity index (χ4n) is 3.33. The summed E-state index contributed by atoms with van der Waals surface area (Å²) in [4.78, 5) is 15.5. The van der Waals surface area contributed by atoms with E-state index in [1.165, 1.54) is 5.56 Å². The molecule has 0 amide bonds. The normalized spacial score (nSPS) is 10.5. The number of aromatic nitrogens is 3. The summed E-state index contributed by atoms with van der Waals surface area (Å²) in [5.74, 6) is 1.97. The molecule has 0 fully saturated rings.